The number of halogens is 3. The van der Waals surface area contributed by atoms with Crippen molar-refractivity contribution in [1.82, 2.24) is 4.98 Å². The van der Waals surface area contributed by atoms with Crippen LogP contribution in [0.1, 0.15) is 0 Å². The number of aromatic nitrogens is 1. The summed E-state index contributed by atoms with van der Waals surface area (Å²) in [5, 5.41) is 1.54. The number of rotatable bonds is 2. The maximum Gasteiger partial charge on any atom is 0.115 e. The van der Waals surface area contributed by atoms with E-state index in [-0.39, 0.29) is 0 Å². The molecule has 82 valence electrons. The summed E-state index contributed by atoms with van der Waals surface area (Å²) in [4.78, 5) is 5.40. The first-order valence-corrected chi connectivity index (χ1v) is 7.17. The van der Waals surface area contributed by atoms with Gasteiger partial charge >= 0.3 is 0 Å². The molecule has 0 aliphatic carbocycles. The van der Waals surface area contributed by atoms with Crippen LogP contribution in [0.15, 0.2) is 55.4 Å². The van der Waals surface area contributed by atoms with E-state index in [9.17, 15) is 0 Å². The molecule has 0 saturated carbocycles. The second-order valence-corrected chi connectivity index (χ2v) is 6.27. The van der Waals surface area contributed by atoms with E-state index in [1.165, 1.54) is 0 Å². The number of pyridine rings is 1. The van der Waals surface area contributed by atoms with Gasteiger partial charge in [0.25, 0.3) is 0 Å². The fourth-order valence-corrected chi connectivity index (χ4v) is 3.37. The standard InChI is InChI=1S/C11H6Br2ClNS/c12-7-2-1-3-9(4-7)16-11-10(13)5-8(14)6-15-11/h1-6H. The molecule has 0 amide bonds. The third-order valence-electron chi connectivity index (χ3n) is 1.78. The summed E-state index contributed by atoms with van der Waals surface area (Å²) < 4.78 is 1.97. The average Bonchev–Trinajstić information content (AvgIpc) is 2.22. The van der Waals surface area contributed by atoms with Crippen molar-refractivity contribution < 1.29 is 0 Å². The Morgan fingerprint density at radius 3 is 2.69 bits per heavy atom. The molecule has 0 aliphatic heterocycles. The van der Waals surface area contributed by atoms with Crippen LogP contribution < -0.4 is 0 Å². The molecule has 0 atom stereocenters. The molecule has 1 nitrogen and oxygen atoms in total. The van der Waals surface area contributed by atoms with Gasteiger partial charge in [-0.1, -0.05) is 45.4 Å². The first-order valence-electron chi connectivity index (χ1n) is 4.39. The van der Waals surface area contributed by atoms with Crippen LogP contribution >= 0.6 is 55.2 Å². The molecule has 0 aliphatic rings. The number of hydrogen-bond donors (Lipinski definition) is 0. The lowest BCUT2D eigenvalue weighted by Crippen LogP contribution is -1.82. The Morgan fingerprint density at radius 1 is 1.19 bits per heavy atom. The molecule has 1 heterocycles. The highest BCUT2D eigenvalue weighted by atomic mass is 79.9. The van der Waals surface area contributed by atoms with Gasteiger partial charge < -0.3 is 0 Å². The molecule has 0 N–H and O–H groups in total. The van der Waals surface area contributed by atoms with Gasteiger partial charge in [-0.05, 0) is 40.2 Å². The molecule has 1 aromatic heterocycles. The third-order valence-corrected chi connectivity index (χ3v) is 4.36. The van der Waals surface area contributed by atoms with Crippen LogP contribution in [0.25, 0.3) is 0 Å². The second kappa shape index (κ2) is 5.54. The minimum absolute atomic E-state index is 0.630. The minimum Gasteiger partial charge on any atom is -0.247 e. The Bertz CT molecular complexity index is 519. The number of nitrogens with zero attached hydrogens (tertiary/aromatic N) is 1. The van der Waals surface area contributed by atoms with E-state index in [1.54, 1.807) is 18.0 Å². The minimum atomic E-state index is 0.630. The first-order chi connectivity index (χ1) is 7.65. The average molecular weight is 380 g/mol. The monoisotopic (exact) mass is 377 g/mol. The zero-order chi connectivity index (χ0) is 11.5. The van der Waals surface area contributed by atoms with Crippen molar-refractivity contribution in [2.45, 2.75) is 9.92 Å². The summed E-state index contributed by atoms with van der Waals surface area (Å²) in [6.07, 6.45) is 1.65. The SMILES string of the molecule is Clc1cnc(Sc2cccc(Br)c2)c(Br)c1. The van der Waals surface area contributed by atoms with Gasteiger partial charge in [0.15, 0.2) is 0 Å². The smallest absolute Gasteiger partial charge is 0.115 e. The molecule has 16 heavy (non-hydrogen) atoms. The van der Waals surface area contributed by atoms with Crippen molar-refractivity contribution >= 4 is 55.2 Å². The van der Waals surface area contributed by atoms with Crippen molar-refractivity contribution in [3.05, 3.63) is 50.5 Å². The highest BCUT2D eigenvalue weighted by Gasteiger charge is 2.05. The van der Waals surface area contributed by atoms with E-state index in [0.717, 1.165) is 18.9 Å². The predicted octanol–water partition coefficient (Wildman–Crippen LogP) is 5.41. The van der Waals surface area contributed by atoms with Gasteiger partial charge in [-0.2, -0.15) is 0 Å². The van der Waals surface area contributed by atoms with Gasteiger partial charge in [-0.15, -0.1) is 0 Å². The van der Waals surface area contributed by atoms with Crippen LogP contribution in [0.2, 0.25) is 5.02 Å². The summed E-state index contributed by atoms with van der Waals surface area (Å²) >= 11 is 14.3. The lowest BCUT2D eigenvalue weighted by molar-refractivity contribution is 1.11. The largest absolute Gasteiger partial charge is 0.247 e. The Morgan fingerprint density at radius 2 is 2.00 bits per heavy atom. The van der Waals surface area contributed by atoms with Gasteiger partial charge in [-0.25, -0.2) is 4.98 Å². The van der Waals surface area contributed by atoms with Gasteiger partial charge in [0.2, 0.25) is 0 Å². The Hall–Kier alpha value is -0.0300. The molecule has 0 saturated heterocycles. The summed E-state index contributed by atoms with van der Waals surface area (Å²) in [5.41, 5.74) is 0. The lowest BCUT2D eigenvalue weighted by Gasteiger charge is -2.03. The molecular formula is C11H6Br2ClNS. The second-order valence-electron chi connectivity index (χ2n) is 3.00. The zero-order valence-electron chi connectivity index (χ0n) is 7.95. The molecule has 0 spiro atoms. The van der Waals surface area contributed by atoms with Crippen LogP contribution in [0.5, 0.6) is 0 Å². The van der Waals surface area contributed by atoms with Crippen molar-refractivity contribution in [2.24, 2.45) is 0 Å². The Labute approximate surface area is 120 Å². The first kappa shape index (κ1) is 12.4. The molecule has 2 aromatic rings. The van der Waals surface area contributed by atoms with E-state index in [0.29, 0.717) is 5.02 Å². The fraction of sp³-hybridized carbons (Fsp3) is 0. The molecule has 1 aromatic carbocycles. The normalized spacial score (nSPS) is 10.4. The van der Waals surface area contributed by atoms with Gasteiger partial charge in [0, 0.05) is 15.6 Å². The summed E-state index contributed by atoms with van der Waals surface area (Å²) in [5.74, 6) is 0. The molecule has 0 bridgehead atoms. The fourth-order valence-electron chi connectivity index (χ4n) is 1.12. The Kier molecular flexibility index (Phi) is 4.30. The highest BCUT2D eigenvalue weighted by Crippen LogP contribution is 2.33. The highest BCUT2D eigenvalue weighted by molar-refractivity contribution is 9.10. The van der Waals surface area contributed by atoms with Crippen LogP contribution in [-0.4, -0.2) is 4.98 Å². The van der Waals surface area contributed by atoms with E-state index in [4.69, 9.17) is 11.6 Å². The van der Waals surface area contributed by atoms with Crippen molar-refractivity contribution in [1.29, 1.82) is 0 Å². The van der Waals surface area contributed by atoms with Gasteiger partial charge in [0.05, 0.1) is 9.50 Å². The quantitative estimate of drug-likeness (QED) is 0.692. The zero-order valence-corrected chi connectivity index (χ0v) is 12.7. The van der Waals surface area contributed by atoms with Crippen LogP contribution in [0, 0.1) is 0 Å². The number of benzene rings is 1. The van der Waals surface area contributed by atoms with Crippen LogP contribution in [-0.2, 0) is 0 Å². The predicted molar refractivity (Wildman–Crippen MR) is 75.2 cm³/mol. The van der Waals surface area contributed by atoms with E-state index >= 15 is 0 Å². The van der Waals surface area contributed by atoms with Crippen LogP contribution in [0.4, 0.5) is 0 Å². The van der Waals surface area contributed by atoms with E-state index in [1.807, 2.05) is 30.3 Å². The third kappa shape index (κ3) is 3.23. The van der Waals surface area contributed by atoms with Gasteiger partial charge in [-0.3, -0.25) is 0 Å². The Balaban J connectivity index is 2.27. The summed E-state index contributed by atoms with van der Waals surface area (Å²) in [6, 6.07) is 9.92. The molecule has 2 rings (SSSR count). The van der Waals surface area contributed by atoms with E-state index in [2.05, 4.69) is 36.8 Å². The molecular weight excluding hydrogens is 373 g/mol. The number of hydrogen-bond acceptors (Lipinski definition) is 2. The molecule has 5 heteroatoms. The van der Waals surface area contributed by atoms with Crippen molar-refractivity contribution in [2.75, 3.05) is 0 Å². The van der Waals surface area contributed by atoms with Crippen molar-refractivity contribution in [3.63, 3.8) is 0 Å². The molecule has 0 radical (unpaired) electrons. The van der Waals surface area contributed by atoms with Crippen LogP contribution in [0.3, 0.4) is 0 Å². The maximum atomic E-state index is 5.84. The topological polar surface area (TPSA) is 12.9 Å². The van der Waals surface area contributed by atoms with Gasteiger partial charge in [0.1, 0.15) is 5.03 Å². The lowest BCUT2D eigenvalue weighted by atomic mass is 10.4. The molecule has 0 unspecified atom stereocenters. The maximum absolute atomic E-state index is 5.84. The summed E-state index contributed by atoms with van der Waals surface area (Å²) in [7, 11) is 0. The molecule has 0 fully saturated rings. The summed E-state index contributed by atoms with van der Waals surface area (Å²) in [6.45, 7) is 0. The van der Waals surface area contributed by atoms with Crippen molar-refractivity contribution in [3.8, 4) is 0 Å². The van der Waals surface area contributed by atoms with E-state index < -0.39 is 0 Å².